The van der Waals surface area contributed by atoms with Crippen LogP contribution in [0.3, 0.4) is 0 Å². The lowest BCUT2D eigenvalue weighted by atomic mass is 10.1. The van der Waals surface area contributed by atoms with Gasteiger partial charge in [0.05, 0.1) is 12.2 Å². The molecule has 0 unspecified atom stereocenters. The van der Waals surface area contributed by atoms with Gasteiger partial charge in [0.2, 0.25) is 0 Å². The number of nitrogen functional groups attached to an aromatic ring is 1. The zero-order chi connectivity index (χ0) is 13.1. The summed E-state index contributed by atoms with van der Waals surface area (Å²) in [6.45, 7) is 0.634. The summed E-state index contributed by atoms with van der Waals surface area (Å²) >= 11 is 0. The number of nitrogens with one attached hydrogen (secondary N) is 1. The van der Waals surface area contributed by atoms with Gasteiger partial charge in [-0.3, -0.25) is 4.98 Å². The van der Waals surface area contributed by atoms with Crippen LogP contribution in [0.25, 0.3) is 10.8 Å². The van der Waals surface area contributed by atoms with E-state index in [0.29, 0.717) is 12.4 Å². The highest BCUT2D eigenvalue weighted by molar-refractivity contribution is 5.86. The Morgan fingerprint density at radius 2 is 1.80 bits per heavy atom. The van der Waals surface area contributed by atoms with Crippen molar-refractivity contribution in [2.45, 2.75) is 6.54 Å². The molecule has 1 aromatic carbocycles. The van der Waals surface area contributed by atoms with E-state index in [-0.39, 0.29) is 12.4 Å². The summed E-state index contributed by atoms with van der Waals surface area (Å²) in [4.78, 5) is 8.40. The molecule has 2 heterocycles. The highest BCUT2D eigenvalue weighted by atomic mass is 35.5. The Hall–Kier alpha value is -2.33. The first-order chi connectivity index (χ1) is 9.33. The highest BCUT2D eigenvalue weighted by Gasteiger charge is 2.04. The molecule has 0 fully saturated rings. The number of hydrogen-bond acceptors (Lipinski definition) is 4. The van der Waals surface area contributed by atoms with Crippen LogP contribution in [0.15, 0.2) is 54.9 Å². The Balaban J connectivity index is 0.00000147. The summed E-state index contributed by atoms with van der Waals surface area (Å²) in [5, 5.41) is 5.56. The quantitative estimate of drug-likeness (QED) is 0.776. The molecule has 102 valence electrons. The van der Waals surface area contributed by atoms with E-state index < -0.39 is 0 Å². The third-order valence-corrected chi connectivity index (χ3v) is 2.98. The van der Waals surface area contributed by atoms with Gasteiger partial charge in [-0.15, -0.1) is 12.4 Å². The van der Waals surface area contributed by atoms with Crippen molar-refractivity contribution in [1.82, 2.24) is 9.97 Å². The van der Waals surface area contributed by atoms with Crippen LogP contribution >= 0.6 is 12.4 Å². The van der Waals surface area contributed by atoms with Gasteiger partial charge < -0.3 is 11.1 Å². The molecule has 0 amide bonds. The predicted molar refractivity (Wildman–Crippen MR) is 85.0 cm³/mol. The Morgan fingerprint density at radius 3 is 2.60 bits per heavy atom. The topological polar surface area (TPSA) is 63.8 Å². The number of anilines is 2. The van der Waals surface area contributed by atoms with E-state index in [0.717, 1.165) is 22.2 Å². The smallest absolute Gasteiger partial charge is 0.124 e. The zero-order valence-electron chi connectivity index (χ0n) is 10.8. The van der Waals surface area contributed by atoms with Crippen molar-refractivity contribution in [3.8, 4) is 0 Å². The molecule has 3 N–H and O–H groups in total. The Kier molecular flexibility index (Phi) is 4.38. The number of hydrogen-bond donors (Lipinski definition) is 2. The molecule has 0 atom stereocenters. The van der Waals surface area contributed by atoms with Gasteiger partial charge in [0.1, 0.15) is 5.82 Å². The zero-order valence-corrected chi connectivity index (χ0v) is 11.6. The maximum Gasteiger partial charge on any atom is 0.124 e. The first kappa shape index (κ1) is 14.1. The number of rotatable bonds is 3. The number of aromatic nitrogens is 2. The molecule has 0 aliphatic rings. The number of pyridine rings is 2. The molecule has 0 saturated carbocycles. The normalized spacial score (nSPS) is 10.0. The first-order valence-corrected chi connectivity index (χ1v) is 6.11. The standard InChI is InChI=1S/C15H14N4.ClH/c16-15-9-11-3-1-2-4-13(11)14(19-15)10-18-12-5-7-17-8-6-12;/h1-9H,10H2,(H2,16,19)(H,17,18);1H. The van der Waals surface area contributed by atoms with Gasteiger partial charge >= 0.3 is 0 Å². The van der Waals surface area contributed by atoms with Crippen LogP contribution in [0.4, 0.5) is 11.5 Å². The van der Waals surface area contributed by atoms with Crippen molar-refractivity contribution in [2.24, 2.45) is 0 Å². The third kappa shape index (κ3) is 2.97. The summed E-state index contributed by atoms with van der Waals surface area (Å²) < 4.78 is 0. The van der Waals surface area contributed by atoms with Gasteiger partial charge in [-0.1, -0.05) is 24.3 Å². The summed E-state index contributed by atoms with van der Waals surface area (Å²) in [5.74, 6) is 0.547. The van der Waals surface area contributed by atoms with Crippen molar-refractivity contribution in [2.75, 3.05) is 11.1 Å². The monoisotopic (exact) mass is 286 g/mol. The molecule has 0 aliphatic carbocycles. The molecule has 5 heteroatoms. The maximum absolute atomic E-state index is 5.84. The number of halogens is 1. The van der Waals surface area contributed by atoms with Gasteiger partial charge in [0.15, 0.2) is 0 Å². The molecule has 3 rings (SSSR count). The fourth-order valence-electron chi connectivity index (χ4n) is 2.08. The lowest BCUT2D eigenvalue weighted by molar-refractivity contribution is 1.07. The molecule has 0 saturated heterocycles. The van der Waals surface area contributed by atoms with Crippen LogP contribution in [0.1, 0.15) is 5.69 Å². The van der Waals surface area contributed by atoms with E-state index in [1.165, 1.54) is 0 Å². The van der Waals surface area contributed by atoms with Gasteiger partial charge in [-0.05, 0) is 23.6 Å². The highest BCUT2D eigenvalue weighted by Crippen LogP contribution is 2.20. The fraction of sp³-hybridized carbons (Fsp3) is 0.0667. The minimum atomic E-state index is 0. The number of benzene rings is 1. The van der Waals surface area contributed by atoms with E-state index in [2.05, 4.69) is 21.4 Å². The van der Waals surface area contributed by atoms with E-state index in [1.54, 1.807) is 12.4 Å². The van der Waals surface area contributed by atoms with Gasteiger partial charge in [-0.2, -0.15) is 0 Å². The average Bonchev–Trinajstić information content (AvgIpc) is 2.45. The SMILES string of the molecule is Cl.Nc1cc2ccccc2c(CNc2ccncc2)n1. The van der Waals surface area contributed by atoms with Crippen molar-refractivity contribution < 1.29 is 0 Å². The second kappa shape index (κ2) is 6.21. The van der Waals surface area contributed by atoms with Crippen molar-refractivity contribution in [3.63, 3.8) is 0 Å². The molecule has 0 radical (unpaired) electrons. The predicted octanol–water partition coefficient (Wildman–Crippen LogP) is 3.25. The molecule has 2 aromatic heterocycles. The minimum absolute atomic E-state index is 0. The maximum atomic E-state index is 5.84. The lowest BCUT2D eigenvalue weighted by Crippen LogP contribution is -2.04. The van der Waals surface area contributed by atoms with Crippen molar-refractivity contribution in [1.29, 1.82) is 0 Å². The number of nitrogens with two attached hydrogens (primary N) is 1. The Morgan fingerprint density at radius 1 is 1.05 bits per heavy atom. The second-order valence-corrected chi connectivity index (χ2v) is 4.30. The van der Waals surface area contributed by atoms with E-state index in [9.17, 15) is 0 Å². The molecule has 0 aliphatic heterocycles. The Labute approximate surface area is 123 Å². The third-order valence-electron chi connectivity index (χ3n) is 2.98. The lowest BCUT2D eigenvalue weighted by Gasteiger charge is -2.09. The molecule has 20 heavy (non-hydrogen) atoms. The van der Waals surface area contributed by atoms with Crippen LogP contribution in [0.5, 0.6) is 0 Å². The van der Waals surface area contributed by atoms with Gasteiger partial charge in [-0.25, -0.2) is 4.98 Å². The summed E-state index contributed by atoms with van der Waals surface area (Å²) in [6.07, 6.45) is 3.51. The molecule has 0 bridgehead atoms. The summed E-state index contributed by atoms with van der Waals surface area (Å²) in [5.41, 5.74) is 7.81. The largest absolute Gasteiger partial charge is 0.384 e. The van der Waals surface area contributed by atoms with E-state index in [4.69, 9.17) is 5.73 Å². The molecular formula is C15H15ClN4. The number of nitrogens with zero attached hydrogens (tertiary/aromatic N) is 2. The Bertz CT molecular complexity index is 701. The summed E-state index contributed by atoms with van der Waals surface area (Å²) in [7, 11) is 0. The van der Waals surface area contributed by atoms with Crippen molar-refractivity contribution >= 4 is 34.7 Å². The van der Waals surface area contributed by atoms with Gasteiger partial charge in [0, 0.05) is 23.5 Å². The number of fused-ring (bicyclic) bond motifs is 1. The molecule has 3 aromatic rings. The first-order valence-electron chi connectivity index (χ1n) is 6.11. The van der Waals surface area contributed by atoms with Crippen LogP contribution in [-0.2, 0) is 6.54 Å². The molecule has 0 spiro atoms. The van der Waals surface area contributed by atoms with Crippen LogP contribution in [0.2, 0.25) is 0 Å². The van der Waals surface area contributed by atoms with Crippen molar-refractivity contribution in [3.05, 3.63) is 60.6 Å². The van der Waals surface area contributed by atoms with Crippen LogP contribution < -0.4 is 11.1 Å². The fourth-order valence-corrected chi connectivity index (χ4v) is 2.08. The van der Waals surface area contributed by atoms with Crippen LogP contribution in [-0.4, -0.2) is 9.97 Å². The van der Waals surface area contributed by atoms with Gasteiger partial charge in [0.25, 0.3) is 0 Å². The molecular weight excluding hydrogens is 272 g/mol. The second-order valence-electron chi connectivity index (χ2n) is 4.30. The van der Waals surface area contributed by atoms with E-state index in [1.807, 2.05) is 36.4 Å². The average molecular weight is 287 g/mol. The molecule has 4 nitrogen and oxygen atoms in total. The summed E-state index contributed by atoms with van der Waals surface area (Å²) in [6, 6.07) is 13.9. The van der Waals surface area contributed by atoms with Crippen LogP contribution in [0, 0.1) is 0 Å². The van der Waals surface area contributed by atoms with E-state index >= 15 is 0 Å². The minimum Gasteiger partial charge on any atom is -0.384 e.